The van der Waals surface area contributed by atoms with Crippen molar-refractivity contribution in [3.8, 4) is 0 Å². The summed E-state index contributed by atoms with van der Waals surface area (Å²) in [6.07, 6.45) is -1.07. The van der Waals surface area contributed by atoms with Crippen molar-refractivity contribution in [1.29, 1.82) is 0 Å². The molecule has 2 rings (SSSR count). The third kappa shape index (κ3) is 1.45. The lowest BCUT2D eigenvalue weighted by atomic mass is 10.3. The van der Waals surface area contributed by atoms with E-state index in [1.807, 2.05) is 13.8 Å². The van der Waals surface area contributed by atoms with Crippen LogP contribution in [0.25, 0.3) is 0 Å². The normalized spacial score (nSPS) is 27.6. The van der Waals surface area contributed by atoms with Crippen LogP contribution in [-0.4, -0.2) is 80.8 Å². The summed E-state index contributed by atoms with van der Waals surface area (Å²) >= 11 is 0. The Balaban J connectivity index is 2.41. The van der Waals surface area contributed by atoms with Crippen molar-refractivity contribution >= 4 is 12.1 Å². The monoisotopic (exact) mass is 258 g/mol. The SMILES string of the molecule is CCN1C(=O)N(CC)[C@@H]2[C@H]1N(CO)C(=O)N2CO. The molecule has 0 radical (unpaired) electrons. The maximum Gasteiger partial charge on any atom is 0.327 e. The summed E-state index contributed by atoms with van der Waals surface area (Å²) in [4.78, 5) is 29.5. The Labute approximate surface area is 105 Å². The molecule has 2 N–H and O–H groups in total. The highest BCUT2D eigenvalue weighted by Gasteiger charge is 2.57. The Kier molecular flexibility index (Phi) is 3.31. The molecular weight excluding hydrogens is 240 g/mol. The molecule has 2 aliphatic rings. The van der Waals surface area contributed by atoms with E-state index in [-0.39, 0.29) is 6.03 Å². The molecule has 8 heteroatoms. The van der Waals surface area contributed by atoms with E-state index < -0.39 is 31.8 Å². The Morgan fingerprint density at radius 1 is 0.833 bits per heavy atom. The van der Waals surface area contributed by atoms with Gasteiger partial charge in [0.15, 0.2) is 12.3 Å². The molecule has 18 heavy (non-hydrogen) atoms. The third-order valence-electron chi connectivity index (χ3n) is 3.51. The van der Waals surface area contributed by atoms with Crippen LogP contribution in [0.5, 0.6) is 0 Å². The molecule has 2 heterocycles. The number of nitrogens with zero attached hydrogens (tertiary/aromatic N) is 4. The van der Waals surface area contributed by atoms with Crippen LogP contribution in [-0.2, 0) is 0 Å². The van der Waals surface area contributed by atoms with Crippen LogP contribution in [0, 0.1) is 0 Å². The van der Waals surface area contributed by atoms with Crippen molar-refractivity contribution in [2.45, 2.75) is 26.2 Å². The predicted octanol–water partition coefficient (Wildman–Crippen LogP) is -0.947. The molecular formula is C10H18N4O4. The van der Waals surface area contributed by atoms with E-state index >= 15 is 0 Å². The number of likely N-dealkylation sites (N-methyl/N-ethyl adjacent to an activating group) is 2. The lowest BCUT2D eigenvalue weighted by Gasteiger charge is -2.27. The highest BCUT2D eigenvalue weighted by molar-refractivity contribution is 5.85. The van der Waals surface area contributed by atoms with Gasteiger partial charge in [-0.15, -0.1) is 0 Å². The minimum Gasteiger partial charge on any atom is -0.376 e. The van der Waals surface area contributed by atoms with Crippen molar-refractivity contribution in [3.05, 3.63) is 0 Å². The minimum atomic E-state index is -0.535. The highest BCUT2D eigenvalue weighted by Crippen LogP contribution is 2.33. The van der Waals surface area contributed by atoms with E-state index in [0.29, 0.717) is 13.1 Å². The van der Waals surface area contributed by atoms with Gasteiger partial charge in [0, 0.05) is 13.1 Å². The van der Waals surface area contributed by atoms with Gasteiger partial charge in [-0.25, -0.2) is 9.59 Å². The minimum absolute atomic E-state index is 0.181. The third-order valence-corrected chi connectivity index (χ3v) is 3.51. The number of aliphatic hydroxyl groups is 2. The second kappa shape index (κ2) is 4.62. The Morgan fingerprint density at radius 2 is 1.17 bits per heavy atom. The van der Waals surface area contributed by atoms with Crippen LogP contribution in [0.1, 0.15) is 13.8 Å². The number of carbonyl (C=O) groups excluding carboxylic acids is 2. The number of amides is 4. The van der Waals surface area contributed by atoms with E-state index in [9.17, 15) is 19.8 Å². The van der Waals surface area contributed by atoms with E-state index in [0.717, 1.165) is 0 Å². The molecule has 0 aromatic heterocycles. The second-order valence-electron chi connectivity index (χ2n) is 4.19. The molecule has 0 aliphatic carbocycles. The largest absolute Gasteiger partial charge is 0.376 e. The zero-order chi connectivity index (χ0) is 13.4. The first-order chi connectivity index (χ1) is 8.62. The van der Waals surface area contributed by atoms with Gasteiger partial charge in [0.2, 0.25) is 0 Å². The summed E-state index contributed by atoms with van der Waals surface area (Å²) < 4.78 is 0. The van der Waals surface area contributed by atoms with Gasteiger partial charge in [0.05, 0.1) is 0 Å². The van der Waals surface area contributed by atoms with E-state index in [2.05, 4.69) is 0 Å². The number of urea groups is 2. The van der Waals surface area contributed by atoms with Gasteiger partial charge in [0.1, 0.15) is 13.5 Å². The quantitative estimate of drug-likeness (QED) is 0.681. The lowest BCUT2D eigenvalue weighted by molar-refractivity contribution is 0.0553. The average Bonchev–Trinajstić information content (AvgIpc) is 2.78. The van der Waals surface area contributed by atoms with Crippen LogP contribution in [0.3, 0.4) is 0 Å². The zero-order valence-electron chi connectivity index (χ0n) is 10.5. The van der Waals surface area contributed by atoms with Crippen molar-refractivity contribution in [2.75, 3.05) is 26.6 Å². The van der Waals surface area contributed by atoms with Gasteiger partial charge in [-0.1, -0.05) is 0 Å². The molecule has 4 amide bonds. The van der Waals surface area contributed by atoms with Crippen molar-refractivity contribution < 1.29 is 19.8 Å². The summed E-state index contributed by atoms with van der Waals surface area (Å²) in [5.74, 6) is 0. The van der Waals surface area contributed by atoms with Crippen molar-refractivity contribution in [2.24, 2.45) is 0 Å². The summed E-state index contributed by atoms with van der Waals surface area (Å²) in [6, 6.07) is -0.640. The predicted molar refractivity (Wildman–Crippen MR) is 61.0 cm³/mol. The molecule has 8 nitrogen and oxygen atoms in total. The van der Waals surface area contributed by atoms with Gasteiger partial charge >= 0.3 is 12.1 Å². The number of fused-ring (bicyclic) bond motifs is 1. The molecule has 2 fully saturated rings. The lowest BCUT2D eigenvalue weighted by Crippen LogP contribution is -2.47. The van der Waals surface area contributed by atoms with Crippen LogP contribution in [0.2, 0.25) is 0 Å². The number of carbonyl (C=O) groups is 2. The van der Waals surface area contributed by atoms with Crippen molar-refractivity contribution in [3.63, 3.8) is 0 Å². The van der Waals surface area contributed by atoms with Gasteiger partial charge < -0.3 is 20.0 Å². The fourth-order valence-corrected chi connectivity index (χ4v) is 2.70. The Morgan fingerprint density at radius 3 is 1.44 bits per heavy atom. The fourth-order valence-electron chi connectivity index (χ4n) is 2.70. The molecule has 0 saturated carbocycles. The fraction of sp³-hybridized carbons (Fsp3) is 0.800. The smallest absolute Gasteiger partial charge is 0.327 e. The first-order valence-electron chi connectivity index (χ1n) is 5.98. The molecule has 0 aromatic carbocycles. The van der Waals surface area contributed by atoms with Crippen LogP contribution < -0.4 is 0 Å². The summed E-state index contributed by atoms with van der Waals surface area (Å²) in [6.45, 7) is 3.57. The van der Waals surface area contributed by atoms with Crippen LogP contribution in [0.4, 0.5) is 9.59 Å². The molecule has 2 saturated heterocycles. The first kappa shape index (κ1) is 12.9. The Bertz CT molecular complexity index is 302. The highest BCUT2D eigenvalue weighted by atomic mass is 16.3. The van der Waals surface area contributed by atoms with Gasteiger partial charge in [0.25, 0.3) is 0 Å². The van der Waals surface area contributed by atoms with E-state index in [4.69, 9.17) is 0 Å². The molecule has 102 valence electrons. The maximum atomic E-state index is 12.1. The topological polar surface area (TPSA) is 87.6 Å². The van der Waals surface area contributed by atoms with Gasteiger partial charge in [-0.3, -0.25) is 9.80 Å². The second-order valence-corrected chi connectivity index (χ2v) is 4.19. The molecule has 2 atom stereocenters. The average molecular weight is 258 g/mol. The van der Waals surface area contributed by atoms with Crippen LogP contribution >= 0.6 is 0 Å². The van der Waals surface area contributed by atoms with E-state index in [1.165, 1.54) is 19.6 Å². The van der Waals surface area contributed by atoms with Crippen molar-refractivity contribution in [1.82, 2.24) is 19.6 Å². The first-order valence-corrected chi connectivity index (χ1v) is 5.98. The zero-order valence-corrected chi connectivity index (χ0v) is 10.5. The number of rotatable bonds is 4. The summed E-state index contributed by atoms with van der Waals surface area (Å²) in [7, 11) is 0. The summed E-state index contributed by atoms with van der Waals surface area (Å²) in [5, 5.41) is 18.6. The number of hydrogen-bond donors (Lipinski definition) is 2. The standard InChI is InChI=1S/C10H18N4O4/c1-3-11-7-8(12(4-2)9(11)17)14(6-16)10(18)13(7)5-15/h7-8,15-16H,3-6H2,1-2H3/t7-,8+. The van der Waals surface area contributed by atoms with Gasteiger partial charge in [-0.05, 0) is 13.8 Å². The molecule has 0 unspecified atom stereocenters. The van der Waals surface area contributed by atoms with Crippen LogP contribution in [0.15, 0.2) is 0 Å². The number of aliphatic hydroxyl groups excluding tert-OH is 2. The van der Waals surface area contributed by atoms with E-state index in [1.54, 1.807) is 0 Å². The Hall–Kier alpha value is -1.54. The maximum absolute atomic E-state index is 12.1. The molecule has 0 bridgehead atoms. The van der Waals surface area contributed by atoms with Gasteiger partial charge in [-0.2, -0.15) is 0 Å². The molecule has 0 aromatic rings. The summed E-state index contributed by atoms with van der Waals surface area (Å²) in [5.41, 5.74) is 0. The molecule has 0 spiro atoms. The number of hydrogen-bond acceptors (Lipinski definition) is 4. The molecule has 2 aliphatic heterocycles.